The summed E-state index contributed by atoms with van der Waals surface area (Å²) in [6.45, 7) is 13.2. The van der Waals surface area contributed by atoms with Crippen LogP contribution in [-0.2, 0) is 9.53 Å². The number of esters is 1. The predicted octanol–water partition coefficient (Wildman–Crippen LogP) is 4.41. The molecule has 0 bridgehead atoms. The van der Waals surface area contributed by atoms with E-state index in [1.807, 2.05) is 13.0 Å². The zero-order valence-corrected chi connectivity index (χ0v) is 11.6. The average molecular weight is 238 g/mol. The topological polar surface area (TPSA) is 26.3 Å². The Morgan fingerprint density at radius 2 is 2.00 bits per heavy atom. The molecule has 0 spiro atoms. The molecule has 0 aromatic carbocycles. The number of carbonyl (C=O) groups is 1. The zero-order chi connectivity index (χ0) is 13.3. The van der Waals surface area contributed by atoms with Gasteiger partial charge in [0, 0.05) is 12.0 Å². The van der Waals surface area contributed by atoms with E-state index < -0.39 is 5.60 Å². The molecule has 0 N–H and O–H groups in total. The summed E-state index contributed by atoms with van der Waals surface area (Å²) in [5.41, 5.74) is 0.0276. The Hall–Kier alpha value is -1.05. The predicted molar refractivity (Wildman–Crippen MR) is 72.9 cm³/mol. The van der Waals surface area contributed by atoms with Crippen molar-refractivity contribution in [3.63, 3.8) is 0 Å². The minimum absolute atomic E-state index is 0.301. The summed E-state index contributed by atoms with van der Waals surface area (Å²) in [7, 11) is 0. The molecule has 0 fully saturated rings. The smallest absolute Gasteiger partial charge is 0.333 e. The van der Waals surface area contributed by atoms with Crippen LogP contribution in [0.15, 0.2) is 24.8 Å². The number of hydrogen-bond acceptors (Lipinski definition) is 2. The van der Waals surface area contributed by atoms with Gasteiger partial charge < -0.3 is 4.74 Å². The second-order valence-corrected chi connectivity index (χ2v) is 4.92. The molecule has 2 heteroatoms. The molecule has 0 aliphatic rings. The van der Waals surface area contributed by atoms with Gasteiger partial charge in [0.15, 0.2) is 0 Å². The van der Waals surface area contributed by atoms with Crippen LogP contribution in [0.2, 0.25) is 0 Å². The maximum atomic E-state index is 11.6. The third-order valence-corrected chi connectivity index (χ3v) is 2.82. The Kier molecular flexibility index (Phi) is 7.60. The highest BCUT2D eigenvalue weighted by molar-refractivity contribution is 5.87. The van der Waals surface area contributed by atoms with Gasteiger partial charge >= 0.3 is 5.97 Å². The van der Waals surface area contributed by atoms with Gasteiger partial charge in [0.05, 0.1) is 0 Å². The lowest BCUT2D eigenvalue weighted by molar-refractivity contribution is -0.153. The van der Waals surface area contributed by atoms with Crippen LogP contribution in [0.4, 0.5) is 0 Å². The summed E-state index contributed by atoms with van der Waals surface area (Å²) >= 11 is 0. The quantitative estimate of drug-likeness (QED) is 0.257. The van der Waals surface area contributed by atoms with Crippen molar-refractivity contribution in [3.8, 4) is 0 Å². The minimum atomic E-state index is -0.425. The first-order valence-corrected chi connectivity index (χ1v) is 6.45. The molecule has 17 heavy (non-hydrogen) atoms. The normalized spacial score (nSPS) is 13.8. The van der Waals surface area contributed by atoms with Crippen molar-refractivity contribution in [1.29, 1.82) is 0 Å². The standard InChI is InChI=1S/C15H26O2/c1-6-8-9-10-12-15(5,11-7-2)17-14(16)13(3)4/h7H,2-3,6,8-12H2,1,4-5H3. The minimum Gasteiger partial charge on any atom is -0.456 e. The first-order chi connectivity index (χ1) is 7.95. The lowest BCUT2D eigenvalue weighted by Crippen LogP contribution is -2.31. The SMILES string of the molecule is C=CCC(C)(CCCCCC)OC(=O)C(=C)C. The first-order valence-electron chi connectivity index (χ1n) is 6.45. The van der Waals surface area contributed by atoms with Gasteiger partial charge in [0.2, 0.25) is 0 Å². The lowest BCUT2D eigenvalue weighted by atomic mass is 9.94. The van der Waals surface area contributed by atoms with E-state index in [1.165, 1.54) is 19.3 Å². The van der Waals surface area contributed by atoms with Crippen molar-refractivity contribution in [1.82, 2.24) is 0 Å². The number of ether oxygens (including phenoxy) is 1. The number of rotatable bonds is 9. The van der Waals surface area contributed by atoms with E-state index in [1.54, 1.807) is 6.92 Å². The van der Waals surface area contributed by atoms with Crippen molar-refractivity contribution in [3.05, 3.63) is 24.8 Å². The monoisotopic (exact) mass is 238 g/mol. The molecule has 0 saturated carbocycles. The molecule has 1 atom stereocenters. The molecule has 0 saturated heterocycles. The Morgan fingerprint density at radius 3 is 2.47 bits per heavy atom. The molecule has 0 aliphatic carbocycles. The average Bonchev–Trinajstić information content (AvgIpc) is 2.24. The van der Waals surface area contributed by atoms with Crippen LogP contribution in [-0.4, -0.2) is 11.6 Å². The van der Waals surface area contributed by atoms with Crippen LogP contribution in [0.1, 0.15) is 59.3 Å². The lowest BCUT2D eigenvalue weighted by Gasteiger charge is -2.28. The highest BCUT2D eigenvalue weighted by Gasteiger charge is 2.27. The van der Waals surface area contributed by atoms with E-state index in [-0.39, 0.29) is 5.97 Å². The van der Waals surface area contributed by atoms with Crippen molar-refractivity contribution in [2.45, 2.75) is 64.9 Å². The van der Waals surface area contributed by atoms with Gasteiger partial charge in [0.25, 0.3) is 0 Å². The largest absolute Gasteiger partial charge is 0.456 e. The van der Waals surface area contributed by atoms with Crippen molar-refractivity contribution in [2.75, 3.05) is 0 Å². The molecular formula is C15H26O2. The maximum Gasteiger partial charge on any atom is 0.333 e. The van der Waals surface area contributed by atoms with Gasteiger partial charge in [-0.1, -0.05) is 38.8 Å². The molecule has 2 nitrogen and oxygen atoms in total. The van der Waals surface area contributed by atoms with Crippen LogP contribution < -0.4 is 0 Å². The Labute approximate surface area is 106 Å². The van der Waals surface area contributed by atoms with Crippen LogP contribution in [0.25, 0.3) is 0 Å². The first kappa shape index (κ1) is 16.0. The number of hydrogen-bond donors (Lipinski definition) is 0. The third-order valence-electron chi connectivity index (χ3n) is 2.82. The third kappa shape index (κ3) is 6.98. The van der Waals surface area contributed by atoms with Crippen LogP contribution in [0.3, 0.4) is 0 Å². The second-order valence-electron chi connectivity index (χ2n) is 4.92. The fraction of sp³-hybridized carbons (Fsp3) is 0.667. The molecule has 0 rings (SSSR count). The van der Waals surface area contributed by atoms with Gasteiger partial charge in [-0.2, -0.15) is 0 Å². The maximum absolute atomic E-state index is 11.6. The van der Waals surface area contributed by atoms with E-state index in [2.05, 4.69) is 20.1 Å². The second kappa shape index (κ2) is 8.10. The van der Waals surface area contributed by atoms with Gasteiger partial charge in [-0.25, -0.2) is 4.79 Å². The van der Waals surface area contributed by atoms with Crippen LogP contribution in [0, 0.1) is 0 Å². The van der Waals surface area contributed by atoms with Crippen molar-refractivity contribution < 1.29 is 9.53 Å². The van der Waals surface area contributed by atoms with E-state index >= 15 is 0 Å². The molecular weight excluding hydrogens is 212 g/mol. The summed E-state index contributed by atoms with van der Waals surface area (Å²) in [5, 5.41) is 0. The molecule has 0 aromatic heterocycles. The summed E-state index contributed by atoms with van der Waals surface area (Å²) in [6, 6.07) is 0. The Bertz CT molecular complexity index is 268. The summed E-state index contributed by atoms with van der Waals surface area (Å²) in [5.74, 6) is -0.301. The Balaban J connectivity index is 4.29. The highest BCUT2D eigenvalue weighted by Crippen LogP contribution is 2.25. The molecule has 0 amide bonds. The summed E-state index contributed by atoms with van der Waals surface area (Å²) < 4.78 is 5.51. The van der Waals surface area contributed by atoms with E-state index in [4.69, 9.17) is 4.74 Å². The van der Waals surface area contributed by atoms with Crippen LogP contribution in [0.5, 0.6) is 0 Å². The van der Waals surface area contributed by atoms with Gasteiger partial charge in [-0.15, -0.1) is 6.58 Å². The molecule has 0 radical (unpaired) electrons. The summed E-state index contributed by atoms with van der Waals surface area (Å²) in [4.78, 5) is 11.6. The highest BCUT2D eigenvalue weighted by atomic mass is 16.6. The molecule has 0 aliphatic heterocycles. The van der Waals surface area contributed by atoms with E-state index in [9.17, 15) is 4.79 Å². The van der Waals surface area contributed by atoms with Gasteiger partial charge in [-0.3, -0.25) is 0 Å². The van der Waals surface area contributed by atoms with Crippen molar-refractivity contribution in [2.24, 2.45) is 0 Å². The molecule has 98 valence electrons. The fourth-order valence-electron chi connectivity index (χ4n) is 1.74. The molecule has 1 unspecified atom stereocenters. The van der Waals surface area contributed by atoms with Gasteiger partial charge in [-0.05, 0) is 26.7 Å². The fourth-order valence-corrected chi connectivity index (χ4v) is 1.74. The Morgan fingerprint density at radius 1 is 1.35 bits per heavy atom. The van der Waals surface area contributed by atoms with E-state index in [0.717, 1.165) is 12.8 Å². The van der Waals surface area contributed by atoms with E-state index in [0.29, 0.717) is 12.0 Å². The number of carbonyl (C=O) groups excluding carboxylic acids is 1. The van der Waals surface area contributed by atoms with Gasteiger partial charge in [0.1, 0.15) is 5.60 Å². The number of unbranched alkanes of at least 4 members (excludes halogenated alkanes) is 3. The molecule has 0 aromatic rings. The molecule has 0 heterocycles. The van der Waals surface area contributed by atoms with Crippen LogP contribution >= 0.6 is 0 Å². The zero-order valence-electron chi connectivity index (χ0n) is 11.6. The van der Waals surface area contributed by atoms with Crippen molar-refractivity contribution >= 4 is 5.97 Å². The summed E-state index contributed by atoms with van der Waals surface area (Å²) in [6.07, 6.45) is 8.11.